The summed E-state index contributed by atoms with van der Waals surface area (Å²) in [5.74, 6) is 0.0179. The molecule has 0 saturated carbocycles. The van der Waals surface area contributed by atoms with Crippen LogP contribution >= 0.6 is 0 Å². The number of anilines is 2. The zero-order chi connectivity index (χ0) is 20.6. The maximum Gasteiger partial charge on any atom is 0.250 e. The lowest BCUT2D eigenvalue weighted by Crippen LogP contribution is -2.48. The van der Waals surface area contributed by atoms with Gasteiger partial charge in [0.05, 0.1) is 0 Å². The van der Waals surface area contributed by atoms with E-state index in [-0.39, 0.29) is 23.4 Å². The van der Waals surface area contributed by atoms with Crippen molar-refractivity contribution < 1.29 is 4.79 Å². The molecular formula is C25H25N3O2. The number of aromatic nitrogens is 1. The molecule has 2 aromatic carbocycles. The molecule has 0 bridgehead atoms. The molecule has 0 N–H and O–H groups in total. The van der Waals surface area contributed by atoms with E-state index in [0.717, 1.165) is 32.5 Å². The van der Waals surface area contributed by atoms with Gasteiger partial charge in [0.2, 0.25) is 5.91 Å². The Morgan fingerprint density at radius 1 is 0.867 bits per heavy atom. The van der Waals surface area contributed by atoms with Crippen LogP contribution in [0.25, 0.3) is 0 Å². The number of hydrogen-bond acceptors (Lipinski definition) is 3. The number of pyridine rings is 1. The Balaban J connectivity index is 1.35. The van der Waals surface area contributed by atoms with E-state index in [9.17, 15) is 9.59 Å². The topological polar surface area (TPSA) is 45.6 Å². The predicted octanol–water partition coefficient (Wildman–Crippen LogP) is 3.56. The molecule has 30 heavy (non-hydrogen) atoms. The number of hydrogen-bond donors (Lipinski definition) is 0. The van der Waals surface area contributed by atoms with Crippen molar-refractivity contribution in [2.75, 3.05) is 24.5 Å². The lowest BCUT2D eigenvalue weighted by molar-refractivity contribution is -0.133. The third kappa shape index (κ3) is 3.20. The third-order valence-corrected chi connectivity index (χ3v) is 6.57. The van der Waals surface area contributed by atoms with Crippen LogP contribution in [0.15, 0.2) is 83.8 Å². The van der Waals surface area contributed by atoms with Crippen molar-refractivity contribution in [3.05, 3.63) is 94.9 Å². The summed E-state index contributed by atoms with van der Waals surface area (Å²) in [6.07, 6.45) is 3.54. The Hall–Kier alpha value is -3.34. The van der Waals surface area contributed by atoms with Gasteiger partial charge in [-0.1, -0.05) is 42.5 Å². The molecular weight excluding hydrogens is 374 g/mol. The van der Waals surface area contributed by atoms with E-state index in [1.807, 2.05) is 11.0 Å². The molecule has 3 aromatic rings. The number of carbonyl (C=O) groups excluding carboxylic acids is 1. The molecule has 5 heteroatoms. The van der Waals surface area contributed by atoms with Crippen molar-refractivity contribution in [1.82, 2.24) is 9.47 Å². The number of para-hydroxylation sites is 2. The highest BCUT2D eigenvalue weighted by Crippen LogP contribution is 2.49. The minimum absolute atomic E-state index is 0.0179. The molecule has 5 nitrogen and oxygen atoms in total. The number of amides is 1. The summed E-state index contributed by atoms with van der Waals surface area (Å²) < 4.78 is 1.48. The van der Waals surface area contributed by atoms with Gasteiger partial charge in [-0.05, 0) is 42.7 Å². The lowest BCUT2D eigenvalue weighted by atomic mass is 9.74. The van der Waals surface area contributed by atoms with Gasteiger partial charge in [-0.25, -0.2) is 0 Å². The van der Waals surface area contributed by atoms with Crippen molar-refractivity contribution in [2.24, 2.45) is 0 Å². The van der Waals surface area contributed by atoms with Gasteiger partial charge in [-0.2, -0.15) is 0 Å². The van der Waals surface area contributed by atoms with E-state index < -0.39 is 0 Å². The molecule has 1 fully saturated rings. The SMILES string of the molecule is O=C(Cn1ccccc1=O)N1CCC2(CC1)CN(c1ccccc1)c1ccccc12. The zero-order valence-electron chi connectivity index (χ0n) is 16.9. The monoisotopic (exact) mass is 399 g/mol. The molecule has 0 atom stereocenters. The fourth-order valence-electron chi connectivity index (χ4n) is 4.92. The molecule has 152 valence electrons. The van der Waals surface area contributed by atoms with Gasteiger partial charge < -0.3 is 14.4 Å². The molecule has 1 saturated heterocycles. The Morgan fingerprint density at radius 3 is 2.33 bits per heavy atom. The summed E-state index contributed by atoms with van der Waals surface area (Å²) in [7, 11) is 0. The van der Waals surface area contributed by atoms with Gasteiger partial charge >= 0.3 is 0 Å². The minimum atomic E-state index is -0.137. The summed E-state index contributed by atoms with van der Waals surface area (Å²) in [6, 6.07) is 24.2. The number of piperidine rings is 1. The fourth-order valence-corrected chi connectivity index (χ4v) is 4.92. The molecule has 0 aliphatic carbocycles. The second kappa shape index (κ2) is 7.48. The molecule has 3 heterocycles. The number of carbonyl (C=O) groups is 1. The second-order valence-electron chi connectivity index (χ2n) is 8.27. The van der Waals surface area contributed by atoms with Gasteiger partial charge in [0.25, 0.3) is 5.56 Å². The number of nitrogens with zero attached hydrogens (tertiary/aromatic N) is 3. The summed E-state index contributed by atoms with van der Waals surface area (Å²) in [4.78, 5) is 29.1. The van der Waals surface area contributed by atoms with E-state index in [1.54, 1.807) is 18.3 Å². The number of fused-ring (bicyclic) bond motifs is 2. The van der Waals surface area contributed by atoms with Crippen molar-refractivity contribution in [2.45, 2.75) is 24.8 Å². The first kappa shape index (κ1) is 18.7. The van der Waals surface area contributed by atoms with Crippen LogP contribution in [0.4, 0.5) is 11.4 Å². The largest absolute Gasteiger partial charge is 0.341 e. The molecule has 5 rings (SSSR count). The van der Waals surface area contributed by atoms with Crippen molar-refractivity contribution in [3.63, 3.8) is 0 Å². The zero-order valence-corrected chi connectivity index (χ0v) is 16.9. The highest BCUT2D eigenvalue weighted by Gasteiger charge is 2.45. The van der Waals surface area contributed by atoms with Crippen LogP contribution in [-0.4, -0.2) is 35.0 Å². The predicted molar refractivity (Wildman–Crippen MR) is 118 cm³/mol. The molecule has 0 unspecified atom stereocenters. The van der Waals surface area contributed by atoms with Gasteiger partial charge in [-0.3, -0.25) is 9.59 Å². The van der Waals surface area contributed by atoms with Crippen LogP contribution in [0.3, 0.4) is 0 Å². The average Bonchev–Trinajstić information content (AvgIpc) is 3.11. The first-order valence-electron chi connectivity index (χ1n) is 10.5. The van der Waals surface area contributed by atoms with Crippen LogP contribution in [0.2, 0.25) is 0 Å². The Morgan fingerprint density at radius 2 is 1.57 bits per heavy atom. The fraction of sp³-hybridized carbons (Fsp3) is 0.280. The summed E-state index contributed by atoms with van der Waals surface area (Å²) in [5, 5.41) is 0. The number of likely N-dealkylation sites (tertiary alicyclic amines) is 1. The maximum atomic E-state index is 12.8. The van der Waals surface area contributed by atoms with Crippen LogP contribution in [0, 0.1) is 0 Å². The van der Waals surface area contributed by atoms with Gasteiger partial charge in [0.1, 0.15) is 6.54 Å². The standard InChI is InChI=1S/C25H25N3O2/c29-23-12-6-7-15-27(23)18-24(30)26-16-13-25(14-17-26)19-28(20-8-2-1-3-9-20)22-11-5-4-10-21(22)25/h1-12,15H,13-14,16-19H2. The summed E-state index contributed by atoms with van der Waals surface area (Å²) in [6.45, 7) is 2.49. The third-order valence-electron chi connectivity index (χ3n) is 6.57. The van der Waals surface area contributed by atoms with E-state index in [0.29, 0.717) is 0 Å². The first-order chi connectivity index (χ1) is 14.7. The first-order valence-corrected chi connectivity index (χ1v) is 10.5. The van der Waals surface area contributed by atoms with Crippen LogP contribution in [0.1, 0.15) is 18.4 Å². The van der Waals surface area contributed by atoms with Crippen molar-refractivity contribution in [1.29, 1.82) is 0 Å². The maximum absolute atomic E-state index is 12.8. The Kier molecular flexibility index (Phi) is 4.66. The van der Waals surface area contributed by atoms with Crippen molar-refractivity contribution >= 4 is 17.3 Å². The highest BCUT2D eigenvalue weighted by molar-refractivity contribution is 5.77. The highest BCUT2D eigenvalue weighted by atomic mass is 16.2. The summed E-state index contributed by atoms with van der Waals surface area (Å²) >= 11 is 0. The molecule has 2 aliphatic rings. The minimum Gasteiger partial charge on any atom is -0.341 e. The second-order valence-corrected chi connectivity index (χ2v) is 8.27. The van der Waals surface area contributed by atoms with Gasteiger partial charge in [0, 0.05) is 48.7 Å². The molecule has 2 aliphatic heterocycles. The molecule has 1 spiro atoms. The van der Waals surface area contributed by atoms with Gasteiger partial charge in [0.15, 0.2) is 0 Å². The quantitative estimate of drug-likeness (QED) is 0.677. The summed E-state index contributed by atoms with van der Waals surface area (Å²) in [5.41, 5.74) is 3.80. The van der Waals surface area contributed by atoms with E-state index >= 15 is 0 Å². The van der Waals surface area contributed by atoms with Crippen LogP contribution in [0.5, 0.6) is 0 Å². The number of rotatable bonds is 3. The van der Waals surface area contributed by atoms with Crippen LogP contribution in [-0.2, 0) is 16.8 Å². The number of benzene rings is 2. The molecule has 0 radical (unpaired) electrons. The lowest BCUT2D eigenvalue weighted by Gasteiger charge is -2.40. The Bertz CT molecular complexity index is 1110. The van der Waals surface area contributed by atoms with Crippen LogP contribution < -0.4 is 10.5 Å². The van der Waals surface area contributed by atoms with E-state index in [2.05, 4.69) is 53.4 Å². The van der Waals surface area contributed by atoms with Crippen molar-refractivity contribution in [3.8, 4) is 0 Å². The van der Waals surface area contributed by atoms with E-state index in [4.69, 9.17) is 0 Å². The average molecular weight is 399 g/mol. The van der Waals surface area contributed by atoms with E-state index in [1.165, 1.54) is 27.6 Å². The smallest absolute Gasteiger partial charge is 0.250 e. The molecule has 1 amide bonds. The van der Waals surface area contributed by atoms with Gasteiger partial charge in [-0.15, -0.1) is 0 Å². The molecule has 1 aromatic heterocycles. The Labute approximate surface area is 176 Å². The normalized spacial score (nSPS) is 17.2.